The topological polar surface area (TPSA) is 101 Å². The van der Waals surface area contributed by atoms with Gasteiger partial charge in [-0.25, -0.2) is 22.8 Å². The van der Waals surface area contributed by atoms with E-state index in [0.29, 0.717) is 12.1 Å². The number of benzene rings is 1. The predicted molar refractivity (Wildman–Crippen MR) is 127 cm³/mol. The van der Waals surface area contributed by atoms with E-state index in [1.807, 2.05) is 13.1 Å². The van der Waals surface area contributed by atoms with Gasteiger partial charge < -0.3 is 5.73 Å². The number of sulfonamides is 1. The van der Waals surface area contributed by atoms with Gasteiger partial charge in [0.05, 0.1) is 10.5 Å². The van der Waals surface area contributed by atoms with E-state index in [2.05, 4.69) is 40.4 Å². The first kappa shape index (κ1) is 24.4. The van der Waals surface area contributed by atoms with Crippen LogP contribution in [0, 0.1) is 5.82 Å². The van der Waals surface area contributed by atoms with Gasteiger partial charge in [0.2, 0.25) is 0 Å². The number of nitrogen functional groups attached to an aromatic ring is 1. The number of thiazole rings is 1. The van der Waals surface area contributed by atoms with Gasteiger partial charge in [-0.2, -0.15) is 0 Å². The van der Waals surface area contributed by atoms with Crippen molar-refractivity contribution >= 4 is 44.6 Å². The second-order valence-electron chi connectivity index (χ2n) is 8.36. The number of rotatable bonds is 7. The predicted octanol–water partition coefficient (Wildman–Crippen LogP) is 4.53. The van der Waals surface area contributed by atoms with E-state index >= 15 is 0 Å². The molecule has 0 spiro atoms. The molecule has 0 radical (unpaired) electrons. The van der Waals surface area contributed by atoms with E-state index in [1.54, 1.807) is 11.4 Å². The molecule has 11 heteroatoms. The minimum Gasteiger partial charge on any atom is -0.383 e. The number of nitrogens with zero attached hydrogens (tertiary/aromatic N) is 3. The number of aromatic nitrogens is 2. The molecule has 32 heavy (non-hydrogen) atoms. The van der Waals surface area contributed by atoms with E-state index in [9.17, 15) is 12.8 Å². The summed E-state index contributed by atoms with van der Waals surface area (Å²) in [5.41, 5.74) is 8.56. The van der Waals surface area contributed by atoms with Gasteiger partial charge in [0.15, 0.2) is 5.82 Å². The third-order valence-corrected chi connectivity index (χ3v) is 7.56. The summed E-state index contributed by atoms with van der Waals surface area (Å²) in [4.78, 5) is 9.65. The first-order valence-corrected chi connectivity index (χ1v) is 12.5. The molecule has 1 aromatic carbocycles. The zero-order chi connectivity index (χ0) is 23.7. The maximum absolute atomic E-state index is 15.0. The number of hydrogen-bond donors (Lipinski definition) is 2. The second kappa shape index (κ2) is 9.30. The van der Waals surface area contributed by atoms with Crippen LogP contribution in [-0.4, -0.2) is 35.9 Å². The fourth-order valence-electron chi connectivity index (χ4n) is 3.06. The van der Waals surface area contributed by atoms with Gasteiger partial charge in [0.1, 0.15) is 16.5 Å². The van der Waals surface area contributed by atoms with Crippen molar-refractivity contribution in [3.05, 3.63) is 62.8 Å². The molecule has 0 aliphatic carbocycles. The van der Waals surface area contributed by atoms with Crippen molar-refractivity contribution in [3.8, 4) is 0 Å². The highest BCUT2D eigenvalue weighted by atomic mass is 35.5. The zero-order valence-corrected chi connectivity index (χ0v) is 20.6. The molecule has 0 bridgehead atoms. The minimum absolute atomic E-state index is 0.0706. The van der Waals surface area contributed by atoms with Crippen LogP contribution in [0.25, 0.3) is 0 Å². The maximum atomic E-state index is 15.0. The lowest BCUT2D eigenvalue weighted by atomic mass is 9.97. The second-order valence-corrected chi connectivity index (χ2v) is 11.1. The summed E-state index contributed by atoms with van der Waals surface area (Å²) in [6, 6.07) is 4.80. The van der Waals surface area contributed by atoms with Gasteiger partial charge in [-0.05, 0) is 45.0 Å². The Morgan fingerprint density at radius 1 is 1.25 bits per heavy atom. The van der Waals surface area contributed by atoms with Crippen LogP contribution in [0.5, 0.6) is 0 Å². The Morgan fingerprint density at radius 3 is 2.59 bits per heavy atom. The van der Waals surface area contributed by atoms with Gasteiger partial charge in [0.25, 0.3) is 10.0 Å². The van der Waals surface area contributed by atoms with Gasteiger partial charge >= 0.3 is 0 Å². The third kappa shape index (κ3) is 5.37. The van der Waals surface area contributed by atoms with Crippen molar-refractivity contribution in [2.24, 2.45) is 0 Å². The zero-order valence-electron chi connectivity index (χ0n) is 18.2. The molecule has 7 nitrogen and oxygen atoms in total. The van der Waals surface area contributed by atoms with Gasteiger partial charge in [0, 0.05) is 35.6 Å². The molecule has 2 heterocycles. The van der Waals surface area contributed by atoms with Crippen LogP contribution >= 0.6 is 22.9 Å². The van der Waals surface area contributed by atoms with E-state index in [4.69, 9.17) is 17.3 Å². The van der Waals surface area contributed by atoms with Crippen LogP contribution in [0.1, 0.15) is 37.5 Å². The van der Waals surface area contributed by atoms with Crippen LogP contribution in [-0.2, 0) is 23.0 Å². The molecule has 2 aromatic heterocycles. The van der Waals surface area contributed by atoms with E-state index in [1.165, 1.54) is 29.1 Å². The number of nitrogens with two attached hydrogens (primary N) is 1. The monoisotopic (exact) mass is 497 g/mol. The van der Waals surface area contributed by atoms with Crippen LogP contribution in [0.2, 0.25) is 5.02 Å². The highest BCUT2D eigenvalue weighted by Gasteiger charge is 2.28. The van der Waals surface area contributed by atoms with E-state index in [0.717, 1.165) is 5.56 Å². The first-order valence-electron chi connectivity index (χ1n) is 9.71. The number of nitrogens with one attached hydrogen (secondary N) is 1. The van der Waals surface area contributed by atoms with Crippen molar-refractivity contribution in [1.29, 1.82) is 0 Å². The Hall–Kier alpha value is -2.27. The highest BCUT2D eigenvalue weighted by molar-refractivity contribution is 7.93. The Kier molecular flexibility index (Phi) is 7.09. The average molecular weight is 498 g/mol. The Bertz CT molecular complexity index is 1210. The molecule has 0 atom stereocenters. The lowest BCUT2D eigenvalue weighted by Gasteiger charge is -2.32. The molecule has 0 amide bonds. The summed E-state index contributed by atoms with van der Waals surface area (Å²) < 4.78 is 43.6. The van der Waals surface area contributed by atoms with Gasteiger partial charge in [-0.3, -0.25) is 9.62 Å². The SMILES string of the molecule is CN(Cc1cccc(F)c1Cc1c(Cl)cnc(N)c1S(=O)(=O)Nc1cscn1)C(C)(C)C. The Morgan fingerprint density at radius 2 is 1.97 bits per heavy atom. The number of halogens is 2. The standard InChI is InChI=1S/C21H25ClFN5O2S2/c1-21(2,3)28(4)10-13-6-5-7-17(23)14(13)8-15-16(22)9-25-20(24)19(15)32(29,30)27-18-11-31-12-26-18/h5-7,9,11-12,27H,8,10H2,1-4H3,(H2,24,25). The highest BCUT2D eigenvalue weighted by Crippen LogP contribution is 2.33. The third-order valence-electron chi connectivity index (χ3n) is 5.17. The number of anilines is 2. The van der Waals surface area contributed by atoms with Gasteiger partial charge in [-0.15, -0.1) is 11.3 Å². The Balaban J connectivity index is 2.09. The van der Waals surface area contributed by atoms with E-state index < -0.39 is 15.8 Å². The molecule has 3 N–H and O–H groups in total. The lowest BCUT2D eigenvalue weighted by molar-refractivity contribution is 0.167. The van der Waals surface area contributed by atoms with E-state index in [-0.39, 0.29) is 39.1 Å². The molecule has 0 saturated heterocycles. The number of pyridine rings is 1. The van der Waals surface area contributed by atoms with Gasteiger partial charge in [-0.1, -0.05) is 23.7 Å². The van der Waals surface area contributed by atoms with Crippen LogP contribution in [0.4, 0.5) is 16.0 Å². The summed E-state index contributed by atoms with van der Waals surface area (Å²) in [6.07, 6.45) is 1.20. The smallest absolute Gasteiger partial charge is 0.267 e. The Labute approximate surface area is 196 Å². The van der Waals surface area contributed by atoms with Crippen molar-refractivity contribution in [3.63, 3.8) is 0 Å². The summed E-state index contributed by atoms with van der Waals surface area (Å²) in [7, 11) is -2.23. The molecule has 0 aliphatic heterocycles. The molecule has 3 rings (SSSR count). The largest absolute Gasteiger partial charge is 0.383 e. The molecule has 3 aromatic rings. The lowest BCUT2D eigenvalue weighted by Crippen LogP contribution is -2.37. The average Bonchev–Trinajstić information content (AvgIpc) is 3.18. The minimum atomic E-state index is -4.17. The molecule has 0 aliphatic rings. The van der Waals surface area contributed by atoms with Crippen molar-refractivity contribution in [2.45, 2.75) is 44.2 Å². The van der Waals surface area contributed by atoms with Crippen LogP contribution in [0.3, 0.4) is 0 Å². The van der Waals surface area contributed by atoms with Crippen molar-refractivity contribution < 1.29 is 12.8 Å². The maximum Gasteiger partial charge on any atom is 0.267 e. The fourth-order valence-corrected chi connectivity index (χ4v) is 5.21. The summed E-state index contributed by atoms with van der Waals surface area (Å²) in [5.74, 6) is -0.525. The molecule has 0 fully saturated rings. The summed E-state index contributed by atoms with van der Waals surface area (Å²) in [6.45, 7) is 6.64. The summed E-state index contributed by atoms with van der Waals surface area (Å²) in [5, 5.41) is 1.62. The molecular weight excluding hydrogens is 473 g/mol. The molecule has 0 unspecified atom stereocenters. The van der Waals surface area contributed by atoms with Crippen molar-refractivity contribution in [1.82, 2.24) is 14.9 Å². The normalized spacial score (nSPS) is 12.3. The first-order chi connectivity index (χ1) is 14.9. The molecule has 0 saturated carbocycles. The number of hydrogen-bond acceptors (Lipinski definition) is 7. The fraction of sp³-hybridized carbons (Fsp3) is 0.333. The summed E-state index contributed by atoms with van der Waals surface area (Å²) >= 11 is 7.60. The molecule has 172 valence electrons. The quantitative estimate of drug-likeness (QED) is 0.497. The van der Waals surface area contributed by atoms with Crippen LogP contribution < -0.4 is 10.5 Å². The van der Waals surface area contributed by atoms with Crippen molar-refractivity contribution in [2.75, 3.05) is 17.5 Å². The molecular formula is C21H25ClFN5O2S2. The van der Waals surface area contributed by atoms with Crippen LogP contribution in [0.15, 0.2) is 40.2 Å².